The molecule has 7 heteroatoms. The minimum Gasteiger partial charge on any atom is -0.508 e. The van der Waals surface area contributed by atoms with Gasteiger partial charge in [-0.15, -0.1) is 0 Å². The normalized spacial score (nSPS) is 10.2. The molecule has 8 rings (SSSR count). The van der Waals surface area contributed by atoms with Crippen LogP contribution in [-0.2, 0) is 0 Å². The average Bonchev–Trinajstić information content (AvgIpc) is 3.22. The standard InChI is InChI=1S/C23H18N2O.C12H11NO.C11H8BrN/c1-17-11-12-19(22-10-3-5-14-25-22)16-23(17)26-20-8-6-7-18(15-20)21-9-2-4-13-24-21;1-9-5-6-10(8-12(9)14)11-4-2-3-7-13-11;12-10-5-3-4-9(8-10)11-6-1-2-7-13-11/h2-16H,1H3;2-8,14H,1H3;1-8H. The second-order valence-electron chi connectivity index (χ2n) is 12.0. The predicted octanol–water partition coefficient (Wildman–Crippen LogP) is 12.2. The molecular formula is C46H37BrN4O2. The number of halogens is 1. The molecule has 4 heterocycles. The number of hydrogen-bond donors (Lipinski definition) is 1. The van der Waals surface area contributed by atoms with Gasteiger partial charge in [-0.1, -0.05) is 88.7 Å². The van der Waals surface area contributed by atoms with Crippen LogP contribution in [0, 0.1) is 13.8 Å². The van der Waals surface area contributed by atoms with Crippen molar-refractivity contribution in [3.63, 3.8) is 0 Å². The van der Waals surface area contributed by atoms with Crippen molar-refractivity contribution in [1.29, 1.82) is 0 Å². The molecule has 0 saturated carbocycles. The molecule has 0 aliphatic carbocycles. The van der Waals surface area contributed by atoms with Crippen molar-refractivity contribution in [3.05, 3.63) is 198 Å². The number of nitrogens with zero attached hydrogens (tertiary/aromatic N) is 4. The molecule has 53 heavy (non-hydrogen) atoms. The van der Waals surface area contributed by atoms with Gasteiger partial charge in [0, 0.05) is 51.5 Å². The van der Waals surface area contributed by atoms with Crippen molar-refractivity contribution in [2.45, 2.75) is 13.8 Å². The summed E-state index contributed by atoms with van der Waals surface area (Å²) in [6, 6.07) is 51.3. The zero-order chi connectivity index (χ0) is 36.8. The van der Waals surface area contributed by atoms with Gasteiger partial charge in [0.15, 0.2) is 0 Å². The SMILES string of the molecule is Brc1cccc(-c2ccccn2)c1.Cc1ccc(-c2ccccn2)cc1O.Cc1ccc(-c2ccccn2)cc1Oc1cccc(-c2ccccn2)c1. The van der Waals surface area contributed by atoms with Crippen molar-refractivity contribution in [3.8, 4) is 62.3 Å². The first kappa shape index (κ1) is 36.4. The fourth-order valence-corrected chi connectivity index (χ4v) is 5.67. The molecule has 0 aliphatic heterocycles. The Bertz CT molecular complexity index is 2360. The monoisotopic (exact) mass is 756 g/mol. The van der Waals surface area contributed by atoms with Gasteiger partial charge in [-0.05, 0) is 110 Å². The molecule has 8 aromatic rings. The number of rotatable bonds is 6. The lowest BCUT2D eigenvalue weighted by atomic mass is 10.1. The number of pyridine rings is 4. The highest BCUT2D eigenvalue weighted by molar-refractivity contribution is 9.10. The topological polar surface area (TPSA) is 81.0 Å². The molecule has 4 aromatic carbocycles. The van der Waals surface area contributed by atoms with Gasteiger partial charge in [0.25, 0.3) is 0 Å². The van der Waals surface area contributed by atoms with Crippen LogP contribution in [0.3, 0.4) is 0 Å². The number of aromatic nitrogens is 4. The van der Waals surface area contributed by atoms with E-state index in [4.69, 9.17) is 4.74 Å². The van der Waals surface area contributed by atoms with E-state index in [1.54, 1.807) is 30.9 Å². The van der Waals surface area contributed by atoms with Crippen molar-refractivity contribution in [2.24, 2.45) is 0 Å². The van der Waals surface area contributed by atoms with Crippen LogP contribution in [0.5, 0.6) is 17.2 Å². The first-order chi connectivity index (χ1) is 25.9. The number of ether oxygens (including phenoxy) is 1. The maximum absolute atomic E-state index is 9.53. The van der Waals surface area contributed by atoms with Gasteiger partial charge >= 0.3 is 0 Å². The Morgan fingerprint density at radius 2 is 0.887 bits per heavy atom. The van der Waals surface area contributed by atoms with E-state index in [1.807, 2.05) is 147 Å². The zero-order valence-electron chi connectivity index (χ0n) is 29.3. The maximum atomic E-state index is 9.53. The highest BCUT2D eigenvalue weighted by Gasteiger charge is 2.08. The van der Waals surface area contributed by atoms with Crippen LogP contribution >= 0.6 is 15.9 Å². The van der Waals surface area contributed by atoms with Gasteiger partial charge in [-0.3, -0.25) is 19.9 Å². The fourth-order valence-electron chi connectivity index (χ4n) is 5.27. The fraction of sp³-hybridized carbons (Fsp3) is 0.0435. The molecule has 0 unspecified atom stereocenters. The largest absolute Gasteiger partial charge is 0.508 e. The lowest BCUT2D eigenvalue weighted by Gasteiger charge is -2.12. The van der Waals surface area contributed by atoms with E-state index in [0.717, 1.165) is 72.1 Å². The van der Waals surface area contributed by atoms with Crippen LogP contribution in [0.1, 0.15) is 11.1 Å². The van der Waals surface area contributed by atoms with Crippen molar-refractivity contribution >= 4 is 15.9 Å². The Labute approximate surface area is 318 Å². The molecule has 0 fully saturated rings. The van der Waals surface area contributed by atoms with Gasteiger partial charge in [0.2, 0.25) is 0 Å². The quantitative estimate of drug-likeness (QED) is 0.182. The summed E-state index contributed by atoms with van der Waals surface area (Å²) >= 11 is 3.43. The Hall–Kier alpha value is -6.44. The van der Waals surface area contributed by atoms with Gasteiger partial charge in [0.1, 0.15) is 17.2 Å². The summed E-state index contributed by atoms with van der Waals surface area (Å²) < 4.78 is 7.26. The summed E-state index contributed by atoms with van der Waals surface area (Å²) in [4.78, 5) is 17.3. The van der Waals surface area contributed by atoms with Gasteiger partial charge in [0.05, 0.1) is 22.8 Å². The van der Waals surface area contributed by atoms with Gasteiger partial charge in [-0.25, -0.2) is 0 Å². The van der Waals surface area contributed by atoms with Crippen LogP contribution in [-0.4, -0.2) is 25.0 Å². The second kappa shape index (κ2) is 18.2. The molecule has 6 nitrogen and oxygen atoms in total. The van der Waals surface area contributed by atoms with Crippen LogP contribution in [0.2, 0.25) is 0 Å². The van der Waals surface area contributed by atoms with E-state index in [1.165, 1.54) is 0 Å². The molecule has 0 atom stereocenters. The van der Waals surface area contributed by atoms with Gasteiger partial charge in [-0.2, -0.15) is 0 Å². The average molecular weight is 758 g/mol. The predicted molar refractivity (Wildman–Crippen MR) is 218 cm³/mol. The Morgan fingerprint density at radius 1 is 0.434 bits per heavy atom. The van der Waals surface area contributed by atoms with E-state index in [9.17, 15) is 5.11 Å². The van der Waals surface area contributed by atoms with E-state index < -0.39 is 0 Å². The third-order valence-electron chi connectivity index (χ3n) is 8.13. The first-order valence-electron chi connectivity index (χ1n) is 17.0. The first-order valence-corrected chi connectivity index (χ1v) is 17.8. The summed E-state index contributed by atoms with van der Waals surface area (Å²) in [7, 11) is 0. The smallest absolute Gasteiger partial charge is 0.131 e. The number of phenolic OH excluding ortho intramolecular Hbond substituents is 1. The molecule has 0 radical (unpaired) electrons. The Kier molecular flexibility index (Phi) is 12.5. The second-order valence-corrected chi connectivity index (χ2v) is 12.9. The highest BCUT2D eigenvalue weighted by atomic mass is 79.9. The molecule has 1 N–H and O–H groups in total. The summed E-state index contributed by atoms with van der Waals surface area (Å²) in [6.45, 7) is 3.91. The molecule has 0 spiro atoms. The number of hydrogen-bond acceptors (Lipinski definition) is 6. The summed E-state index contributed by atoms with van der Waals surface area (Å²) in [5, 5.41) is 9.53. The molecular weight excluding hydrogens is 720 g/mol. The van der Waals surface area contributed by atoms with E-state index in [2.05, 4.69) is 54.1 Å². The third-order valence-corrected chi connectivity index (χ3v) is 8.62. The van der Waals surface area contributed by atoms with Gasteiger partial charge < -0.3 is 9.84 Å². The number of aromatic hydroxyl groups is 1. The van der Waals surface area contributed by atoms with Crippen LogP contribution in [0.4, 0.5) is 0 Å². The summed E-state index contributed by atoms with van der Waals surface area (Å²) in [5.41, 5.74) is 9.83. The highest BCUT2D eigenvalue weighted by Crippen LogP contribution is 2.32. The Balaban J connectivity index is 0.000000150. The number of benzene rings is 4. The molecule has 0 aliphatic rings. The molecule has 0 saturated heterocycles. The minimum atomic E-state index is 0.313. The third kappa shape index (κ3) is 10.3. The Morgan fingerprint density at radius 3 is 1.36 bits per heavy atom. The van der Waals surface area contributed by atoms with Crippen molar-refractivity contribution in [2.75, 3.05) is 0 Å². The molecule has 0 amide bonds. The van der Waals surface area contributed by atoms with Crippen molar-refractivity contribution in [1.82, 2.24) is 19.9 Å². The zero-order valence-corrected chi connectivity index (χ0v) is 30.9. The number of phenols is 1. The molecule has 4 aromatic heterocycles. The summed E-state index contributed by atoms with van der Waals surface area (Å²) in [5.74, 6) is 1.92. The van der Waals surface area contributed by atoms with E-state index in [0.29, 0.717) is 5.75 Å². The van der Waals surface area contributed by atoms with E-state index >= 15 is 0 Å². The van der Waals surface area contributed by atoms with E-state index in [-0.39, 0.29) is 0 Å². The molecule has 0 bridgehead atoms. The minimum absolute atomic E-state index is 0.313. The van der Waals surface area contributed by atoms with Crippen LogP contribution < -0.4 is 4.74 Å². The van der Waals surface area contributed by atoms with Crippen molar-refractivity contribution < 1.29 is 9.84 Å². The molecule has 260 valence electrons. The lowest BCUT2D eigenvalue weighted by Crippen LogP contribution is -1.91. The number of aryl methyl sites for hydroxylation is 2. The van der Waals surface area contributed by atoms with Crippen LogP contribution in [0.15, 0.2) is 187 Å². The summed E-state index contributed by atoms with van der Waals surface area (Å²) in [6.07, 6.45) is 7.14. The lowest BCUT2D eigenvalue weighted by molar-refractivity contribution is 0.471. The maximum Gasteiger partial charge on any atom is 0.131 e. The van der Waals surface area contributed by atoms with Crippen LogP contribution in [0.25, 0.3) is 45.0 Å².